The summed E-state index contributed by atoms with van der Waals surface area (Å²) in [5.74, 6) is 0.558. The van der Waals surface area contributed by atoms with Crippen LogP contribution in [0, 0.1) is 0 Å². The lowest BCUT2D eigenvalue weighted by Gasteiger charge is -2.24. The van der Waals surface area contributed by atoms with Gasteiger partial charge in [0.05, 0.1) is 29.7 Å². The van der Waals surface area contributed by atoms with Crippen molar-refractivity contribution in [2.45, 2.75) is 25.9 Å². The summed E-state index contributed by atoms with van der Waals surface area (Å²) in [6, 6.07) is 17.5. The zero-order valence-corrected chi connectivity index (χ0v) is 23.8. The van der Waals surface area contributed by atoms with E-state index in [0.29, 0.717) is 47.5 Å². The quantitative estimate of drug-likeness (QED) is 0.367. The van der Waals surface area contributed by atoms with Crippen molar-refractivity contribution in [3.05, 3.63) is 95.0 Å². The Balaban J connectivity index is 1.44. The first-order valence-corrected chi connectivity index (χ1v) is 14.0. The van der Waals surface area contributed by atoms with Crippen LogP contribution in [0.2, 0.25) is 5.02 Å². The van der Waals surface area contributed by atoms with Crippen LogP contribution in [0.4, 0.5) is 0 Å². The molecule has 11 nitrogen and oxygen atoms in total. The maximum atomic E-state index is 13.4. The highest BCUT2D eigenvalue weighted by molar-refractivity contribution is 6.30. The fraction of sp³-hybridized carbons (Fsp3) is 0.267. The minimum absolute atomic E-state index is 0.213. The van der Waals surface area contributed by atoms with E-state index in [2.05, 4.69) is 20.7 Å². The molecule has 0 radical (unpaired) electrons. The zero-order chi connectivity index (χ0) is 29.5. The number of fused-ring (bicyclic) bond motifs is 3. The highest BCUT2D eigenvalue weighted by Crippen LogP contribution is 2.20. The lowest BCUT2D eigenvalue weighted by Crippen LogP contribution is -2.43. The summed E-state index contributed by atoms with van der Waals surface area (Å²) in [5, 5.41) is 10.8. The molecule has 5 rings (SSSR count). The summed E-state index contributed by atoms with van der Waals surface area (Å²) in [6.07, 6.45) is 3.26. The molecule has 0 fully saturated rings. The standard InChI is InChI=1S/C30H30ClN7O4/c1-20-28-35-27(21-7-3-2-4-8-21)36-38(28)13-14-42-25-10-5-9-22(16-25)29(40)33-11-6-12-37(19-26(39)34-20)30(41)23-15-24(31)18-32-17-23/h2-5,7-10,15-18,20H,6,11-14,19H2,1H3,(H,33,40)(H,34,39)/t20-/m0/s1. The number of rotatable bonds is 2. The second kappa shape index (κ2) is 13.3. The Kier molecular flexibility index (Phi) is 9.08. The molecule has 3 heterocycles. The molecule has 1 aliphatic rings. The first-order chi connectivity index (χ1) is 20.4. The van der Waals surface area contributed by atoms with Gasteiger partial charge in [0.15, 0.2) is 5.82 Å². The summed E-state index contributed by atoms with van der Waals surface area (Å²) in [6.45, 7) is 2.72. The number of amides is 3. The van der Waals surface area contributed by atoms with Gasteiger partial charge < -0.3 is 20.3 Å². The third kappa shape index (κ3) is 7.10. The molecule has 3 amide bonds. The lowest BCUT2D eigenvalue weighted by molar-refractivity contribution is -0.122. The van der Waals surface area contributed by atoms with Gasteiger partial charge in [0.1, 0.15) is 18.2 Å². The molecule has 42 heavy (non-hydrogen) atoms. The average molecular weight is 588 g/mol. The van der Waals surface area contributed by atoms with Gasteiger partial charge >= 0.3 is 0 Å². The van der Waals surface area contributed by atoms with Gasteiger partial charge in [0.25, 0.3) is 11.8 Å². The van der Waals surface area contributed by atoms with Gasteiger partial charge in [0, 0.05) is 36.6 Å². The molecule has 2 N–H and O–H groups in total. The zero-order valence-electron chi connectivity index (χ0n) is 23.0. The molecule has 216 valence electrons. The van der Waals surface area contributed by atoms with E-state index in [4.69, 9.17) is 21.3 Å². The van der Waals surface area contributed by atoms with Crippen LogP contribution in [-0.4, -0.2) is 68.6 Å². The average Bonchev–Trinajstić information content (AvgIpc) is 3.43. The van der Waals surface area contributed by atoms with Crippen LogP contribution in [0.1, 0.15) is 45.9 Å². The van der Waals surface area contributed by atoms with E-state index >= 15 is 0 Å². The van der Waals surface area contributed by atoms with Crippen LogP contribution in [0.3, 0.4) is 0 Å². The van der Waals surface area contributed by atoms with Crippen LogP contribution >= 0.6 is 11.6 Å². The second-order valence-electron chi connectivity index (χ2n) is 9.78. The van der Waals surface area contributed by atoms with Crippen molar-refractivity contribution in [1.29, 1.82) is 0 Å². The molecular weight excluding hydrogens is 558 g/mol. The Morgan fingerprint density at radius 2 is 1.83 bits per heavy atom. The molecule has 4 aromatic rings. The van der Waals surface area contributed by atoms with E-state index < -0.39 is 11.9 Å². The summed E-state index contributed by atoms with van der Waals surface area (Å²) < 4.78 is 7.65. The van der Waals surface area contributed by atoms with Gasteiger partial charge in [-0.3, -0.25) is 19.4 Å². The number of nitrogens with zero attached hydrogens (tertiary/aromatic N) is 5. The predicted octanol–water partition coefficient (Wildman–Crippen LogP) is 3.53. The summed E-state index contributed by atoms with van der Waals surface area (Å²) >= 11 is 6.06. The first-order valence-electron chi connectivity index (χ1n) is 13.6. The maximum absolute atomic E-state index is 13.4. The van der Waals surface area contributed by atoms with Crippen molar-refractivity contribution in [1.82, 2.24) is 35.3 Å². The van der Waals surface area contributed by atoms with Gasteiger partial charge in [-0.25, -0.2) is 9.67 Å². The molecule has 0 spiro atoms. The number of halogens is 1. The number of ether oxygens (including phenoxy) is 1. The Labute approximate surface area is 247 Å². The SMILES string of the molecule is C[C@@H]1NC(=O)CN(C(=O)c2cncc(Cl)c2)CCCNC(=O)c2cccc(c2)OCCn2nc(-c3ccccc3)nc21. The Morgan fingerprint density at radius 3 is 2.64 bits per heavy atom. The number of aromatic nitrogens is 4. The van der Waals surface area contributed by atoms with E-state index in [0.717, 1.165) is 5.56 Å². The molecule has 12 heteroatoms. The normalized spacial score (nSPS) is 16.7. The second-order valence-corrected chi connectivity index (χ2v) is 10.2. The van der Waals surface area contributed by atoms with Crippen LogP contribution in [-0.2, 0) is 11.3 Å². The highest BCUT2D eigenvalue weighted by atomic mass is 35.5. The molecule has 2 aromatic heterocycles. The number of benzene rings is 2. The molecule has 0 unspecified atom stereocenters. The molecular formula is C30H30ClN7O4. The maximum Gasteiger partial charge on any atom is 0.255 e. The Morgan fingerprint density at radius 1 is 1.02 bits per heavy atom. The van der Waals surface area contributed by atoms with Crippen LogP contribution < -0.4 is 15.4 Å². The largest absolute Gasteiger partial charge is 0.492 e. The number of nitrogens with one attached hydrogen (secondary N) is 2. The van der Waals surface area contributed by atoms with Crippen LogP contribution in [0.25, 0.3) is 11.4 Å². The van der Waals surface area contributed by atoms with Crippen LogP contribution in [0.5, 0.6) is 5.75 Å². The molecule has 2 aromatic carbocycles. The van der Waals surface area contributed by atoms with Gasteiger partial charge in [-0.15, -0.1) is 0 Å². The van der Waals surface area contributed by atoms with Gasteiger partial charge in [-0.2, -0.15) is 5.10 Å². The van der Waals surface area contributed by atoms with E-state index in [1.165, 1.54) is 23.4 Å². The number of hydrogen-bond acceptors (Lipinski definition) is 7. The molecule has 2 bridgehead atoms. The van der Waals surface area contributed by atoms with Crippen molar-refractivity contribution in [3.8, 4) is 17.1 Å². The third-order valence-corrected chi connectivity index (χ3v) is 6.84. The number of pyridine rings is 1. The first kappa shape index (κ1) is 28.7. The fourth-order valence-corrected chi connectivity index (χ4v) is 4.76. The van der Waals surface area contributed by atoms with Gasteiger partial charge in [0.2, 0.25) is 5.91 Å². The molecule has 1 atom stereocenters. The highest BCUT2D eigenvalue weighted by Gasteiger charge is 2.23. The monoisotopic (exact) mass is 587 g/mol. The Hall–Kier alpha value is -4.77. The van der Waals surface area contributed by atoms with E-state index in [-0.39, 0.29) is 37.1 Å². The predicted molar refractivity (Wildman–Crippen MR) is 156 cm³/mol. The van der Waals surface area contributed by atoms with Gasteiger partial charge in [-0.1, -0.05) is 48.0 Å². The van der Waals surface area contributed by atoms with Crippen molar-refractivity contribution in [2.24, 2.45) is 0 Å². The van der Waals surface area contributed by atoms with Crippen molar-refractivity contribution >= 4 is 29.3 Å². The fourth-order valence-electron chi connectivity index (χ4n) is 4.59. The van der Waals surface area contributed by atoms with Crippen molar-refractivity contribution in [2.75, 3.05) is 26.2 Å². The smallest absolute Gasteiger partial charge is 0.255 e. The molecule has 0 saturated carbocycles. The van der Waals surface area contributed by atoms with Gasteiger partial charge in [-0.05, 0) is 37.6 Å². The number of hydrogen-bond donors (Lipinski definition) is 2. The van der Waals surface area contributed by atoms with Crippen LogP contribution in [0.15, 0.2) is 73.1 Å². The third-order valence-electron chi connectivity index (χ3n) is 6.63. The summed E-state index contributed by atoms with van der Waals surface area (Å²) in [4.78, 5) is 49.5. The van der Waals surface area contributed by atoms with Crippen molar-refractivity contribution in [3.63, 3.8) is 0 Å². The molecule has 0 aliphatic carbocycles. The summed E-state index contributed by atoms with van der Waals surface area (Å²) in [7, 11) is 0. The molecule has 0 saturated heterocycles. The lowest BCUT2D eigenvalue weighted by atomic mass is 10.2. The number of carbonyl (C=O) groups is 3. The minimum atomic E-state index is -0.520. The minimum Gasteiger partial charge on any atom is -0.492 e. The van der Waals surface area contributed by atoms with E-state index in [1.54, 1.807) is 28.9 Å². The number of carbonyl (C=O) groups excluding carboxylic acids is 3. The topological polar surface area (TPSA) is 131 Å². The molecule has 1 aliphatic heterocycles. The van der Waals surface area contributed by atoms with Crippen molar-refractivity contribution < 1.29 is 19.1 Å². The summed E-state index contributed by atoms with van der Waals surface area (Å²) in [5.41, 5.74) is 1.55. The van der Waals surface area contributed by atoms with E-state index in [1.807, 2.05) is 37.3 Å². The Bertz CT molecular complexity index is 1580. The van der Waals surface area contributed by atoms with E-state index in [9.17, 15) is 14.4 Å².